The molecule has 35 heavy (non-hydrogen) atoms. The topological polar surface area (TPSA) is 165 Å². The van der Waals surface area contributed by atoms with Crippen LogP contribution in [0.2, 0.25) is 0 Å². The van der Waals surface area contributed by atoms with Crippen molar-refractivity contribution >= 4 is 24.0 Å². The van der Waals surface area contributed by atoms with Gasteiger partial charge >= 0.3 is 0 Å². The Hall–Kier alpha value is -4.96. The highest BCUT2D eigenvalue weighted by Crippen LogP contribution is 2.28. The van der Waals surface area contributed by atoms with E-state index in [0.717, 1.165) is 0 Å². The third kappa shape index (κ3) is 7.55. The molecule has 0 aliphatic carbocycles. The maximum Gasteiger partial charge on any atom is 0.261 e. The summed E-state index contributed by atoms with van der Waals surface area (Å²) in [6, 6.07) is 12.5. The van der Waals surface area contributed by atoms with Crippen molar-refractivity contribution in [2.75, 3.05) is 27.3 Å². The predicted molar refractivity (Wildman–Crippen MR) is 127 cm³/mol. The number of aromatic hydroxyl groups is 2. The smallest absolute Gasteiger partial charge is 0.261 e. The summed E-state index contributed by atoms with van der Waals surface area (Å²) < 4.78 is 10.4. The normalized spacial score (nSPS) is 11.1. The zero-order valence-corrected chi connectivity index (χ0v) is 19.2. The molecule has 10 heteroatoms. The molecule has 2 amide bonds. The standard InChI is InChI=1S/C25H24N4O6/c1-34-22-7-5-17(13-23(22)35-2)11-19(15-27)25(33)29-9-3-8-28-24(32)18(14-26)10-16-4-6-20(30)21(31)12-16/h4-7,10-13,30-31H,3,8-9H2,1-2H3,(H,28,32)(H,29,33)/b18-10+,19-11+. The molecule has 0 heterocycles. The average molecular weight is 476 g/mol. The van der Waals surface area contributed by atoms with Crippen LogP contribution in [0, 0.1) is 22.7 Å². The molecule has 0 radical (unpaired) electrons. The molecule has 0 aliphatic heterocycles. The number of hydrogen-bond donors (Lipinski definition) is 4. The van der Waals surface area contributed by atoms with E-state index < -0.39 is 11.8 Å². The van der Waals surface area contributed by atoms with Gasteiger partial charge in [-0.1, -0.05) is 12.1 Å². The van der Waals surface area contributed by atoms with Gasteiger partial charge in [0.15, 0.2) is 23.0 Å². The summed E-state index contributed by atoms with van der Waals surface area (Å²) in [6.45, 7) is 0.349. The fraction of sp³-hybridized carbons (Fsp3) is 0.200. The van der Waals surface area contributed by atoms with Gasteiger partial charge in [-0.25, -0.2) is 0 Å². The van der Waals surface area contributed by atoms with E-state index in [9.17, 15) is 30.3 Å². The van der Waals surface area contributed by atoms with Crippen molar-refractivity contribution < 1.29 is 29.3 Å². The fourth-order valence-electron chi connectivity index (χ4n) is 2.89. The Balaban J connectivity index is 1.88. The van der Waals surface area contributed by atoms with Gasteiger partial charge in [0.2, 0.25) is 0 Å². The highest BCUT2D eigenvalue weighted by molar-refractivity contribution is 6.02. The number of ether oxygens (including phenoxy) is 2. The minimum absolute atomic E-state index is 0.104. The summed E-state index contributed by atoms with van der Waals surface area (Å²) >= 11 is 0. The van der Waals surface area contributed by atoms with Gasteiger partial charge < -0.3 is 30.3 Å². The summed E-state index contributed by atoms with van der Waals surface area (Å²) in [4.78, 5) is 24.5. The summed E-state index contributed by atoms with van der Waals surface area (Å²) in [5, 5.41) is 42.6. The van der Waals surface area contributed by atoms with Crippen molar-refractivity contribution in [1.82, 2.24) is 10.6 Å². The van der Waals surface area contributed by atoms with Gasteiger partial charge in [-0.15, -0.1) is 0 Å². The molecular weight excluding hydrogens is 452 g/mol. The molecule has 0 aromatic heterocycles. The Kier molecular flexibility index (Phi) is 9.71. The molecule has 2 aromatic carbocycles. The molecule has 0 aliphatic rings. The molecule has 10 nitrogen and oxygen atoms in total. The molecule has 0 atom stereocenters. The number of phenolic OH excluding ortho intramolecular Hbond substituents is 2. The van der Waals surface area contributed by atoms with Crippen molar-refractivity contribution in [2.45, 2.75) is 6.42 Å². The minimum atomic E-state index is -0.627. The van der Waals surface area contributed by atoms with Crippen molar-refractivity contribution in [3.8, 4) is 35.1 Å². The van der Waals surface area contributed by atoms with Gasteiger partial charge in [0, 0.05) is 13.1 Å². The maximum absolute atomic E-state index is 12.3. The highest BCUT2D eigenvalue weighted by Gasteiger charge is 2.12. The Morgan fingerprint density at radius 1 is 0.829 bits per heavy atom. The number of benzene rings is 2. The molecule has 180 valence electrons. The van der Waals surface area contributed by atoms with Crippen LogP contribution in [-0.2, 0) is 9.59 Å². The molecule has 0 saturated heterocycles. The maximum atomic E-state index is 12.3. The monoisotopic (exact) mass is 476 g/mol. The zero-order valence-electron chi connectivity index (χ0n) is 19.2. The van der Waals surface area contributed by atoms with Crippen LogP contribution in [0.1, 0.15) is 17.5 Å². The average Bonchev–Trinajstić information content (AvgIpc) is 2.87. The zero-order chi connectivity index (χ0) is 25.8. The Bertz CT molecular complexity index is 1240. The van der Waals surface area contributed by atoms with E-state index in [2.05, 4.69) is 10.6 Å². The molecule has 0 spiro atoms. The Morgan fingerprint density at radius 3 is 1.83 bits per heavy atom. The third-order valence-electron chi connectivity index (χ3n) is 4.68. The van der Waals surface area contributed by atoms with Crippen LogP contribution in [0.4, 0.5) is 0 Å². The first kappa shape index (κ1) is 26.3. The van der Waals surface area contributed by atoms with Crippen LogP contribution < -0.4 is 20.1 Å². The van der Waals surface area contributed by atoms with Gasteiger partial charge in [0.05, 0.1) is 14.2 Å². The molecule has 0 unspecified atom stereocenters. The summed E-state index contributed by atoms with van der Waals surface area (Å²) in [7, 11) is 2.98. The lowest BCUT2D eigenvalue weighted by molar-refractivity contribution is -0.117. The lowest BCUT2D eigenvalue weighted by Crippen LogP contribution is -2.30. The number of nitrogens with zero attached hydrogens (tertiary/aromatic N) is 2. The second-order valence-electron chi connectivity index (χ2n) is 7.07. The number of carbonyl (C=O) groups excluding carboxylic acids is 2. The van der Waals surface area contributed by atoms with Gasteiger partial charge in [-0.2, -0.15) is 10.5 Å². The molecule has 0 bridgehead atoms. The number of nitriles is 2. The fourth-order valence-corrected chi connectivity index (χ4v) is 2.89. The number of methoxy groups -OCH3 is 2. The third-order valence-corrected chi connectivity index (χ3v) is 4.68. The lowest BCUT2D eigenvalue weighted by Gasteiger charge is -2.08. The first-order valence-electron chi connectivity index (χ1n) is 10.4. The molecule has 2 aromatic rings. The minimum Gasteiger partial charge on any atom is -0.504 e. The first-order valence-corrected chi connectivity index (χ1v) is 10.4. The van der Waals surface area contributed by atoms with Crippen molar-refractivity contribution in [2.24, 2.45) is 0 Å². The van der Waals surface area contributed by atoms with E-state index in [4.69, 9.17) is 9.47 Å². The Labute approximate surface area is 202 Å². The van der Waals surface area contributed by atoms with Gasteiger partial charge in [0.1, 0.15) is 23.3 Å². The summed E-state index contributed by atoms with van der Waals surface area (Å²) in [5.74, 6) is -0.904. The molecule has 0 fully saturated rings. The largest absolute Gasteiger partial charge is 0.504 e. The van der Waals surface area contributed by atoms with Gasteiger partial charge in [-0.3, -0.25) is 9.59 Å². The van der Waals surface area contributed by atoms with Gasteiger partial charge in [-0.05, 0) is 54.0 Å². The highest BCUT2D eigenvalue weighted by atomic mass is 16.5. The molecular formula is C25H24N4O6. The quantitative estimate of drug-likeness (QED) is 0.175. The van der Waals surface area contributed by atoms with Crippen LogP contribution in [0.25, 0.3) is 12.2 Å². The molecule has 4 N–H and O–H groups in total. The van der Waals surface area contributed by atoms with Crippen LogP contribution in [0.3, 0.4) is 0 Å². The number of phenols is 2. The van der Waals surface area contributed by atoms with Crippen LogP contribution >= 0.6 is 0 Å². The first-order chi connectivity index (χ1) is 16.8. The number of hydrogen-bond acceptors (Lipinski definition) is 8. The summed E-state index contributed by atoms with van der Waals surface area (Å²) in [6.07, 6.45) is 3.05. The number of carbonyl (C=O) groups is 2. The molecule has 0 saturated carbocycles. The van der Waals surface area contributed by atoms with E-state index >= 15 is 0 Å². The van der Waals surface area contributed by atoms with Crippen molar-refractivity contribution in [3.63, 3.8) is 0 Å². The number of nitrogens with one attached hydrogen (secondary N) is 2. The second-order valence-corrected chi connectivity index (χ2v) is 7.07. The van der Waals surface area contributed by atoms with Gasteiger partial charge in [0.25, 0.3) is 11.8 Å². The van der Waals surface area contributed by atoms with Crippen LogP contribution in [0.15, 0.2) is 47.5 Å². The van der Waals surface area contributed by atoms with E-state index in [1.165, 1.54) is 44.6 Å². The van der Waals surface area contributed by atoms with E-state index in [0.29, 0.717) is 29.0 Å². The SMILES string of the molecule is COc1ccc(/C=C(\C#N)C(=O)NCCCNC(=O)/C(C#N)=C/c2ccc(O)c(O)c2)cc1OC. The van der Waals surface area contributed by atoms with Crippen LogP contribution in [0.5, 0.6) is 23.0 Å². The predicted octanol–water partition coefficient (Wildman–Crippen LogP) is 2.25. The van der Waals surface area contributed by atoms with Crippen LogP contribution in [-0.4, -0.2) is 49.3 Å². The lowest BCUT2D eigenvalue weighted by atomic mass is 10.1. The van der Waals surface area contributed by atoms with E-state index in [1.54, 1.807) is 24.3 Å². The Morgan fingerprint density at radius 2 is 1.34 bits per heavy atom. The number of amides is 2. The van der Waals surface area contributed by atoms with E-state index in [-0.39, 0.29) is 35.7 Å². The van der Waals surface area contributed by atoms with Crippen molar-refractivity contribution in [1.29, 1.82) is 10.5 Å². The second kappa shape index (κ2) is 12.9. The number of rotatable bonds is 10. The molecule has 2 rings (SSSR count). The summed E-state index contributed by atoms with van der Waals surface area (Å²) in [5.41, 5.74) is 0.654. The van der Waals surface area contributed by atoms with E-state index in [1.807, 2.05) is 6.07 Å². The van der Waals surface area contributed by atoms with Crippen molar-refractivity contribution in [3.05, 3.63) is 58.7 Å².